The van der Waals surface area contributed by atoms with E-state index >= 15 is 0 Å². The first-order valence-corrected chi connectivity index (χ1v) is 5.95. The smallest absolute Gasteiger partial charge is 0.0668 e. The number of halogens is 1. The maximum absolute atomic E-state index is 2.50. The minimum absolute atomic E-state index is 0.886. The Morgan fingerprint density at radius 1 is 1.57 bits per heavy atom. The largest absolute Gasteiger partial charge is 0.0931 e. The molecule has 3 heteroatoms. The van der Waals surface area contributed by atoms with Crippen LogP contribution in [0, 0.1) is 0 Å². The van der Waals surface area contributed by atoms with Gasteiger partial charge in [0.25, 0.3) is 0 Å². The molecule has 7 heavy (non-hydrogen) atoms. The zero-order valence-electron chi connectivity index (χ0n) is 3.89. The van der Waals surface area contributed by atoms with Gasteiger partial charge in [-0.3, -0.25) is 0 Å². The zero-order chi connectivity index (χ0) is 5.11. The Hall–Kier alpha value is 1.43. The number of hydrogen-bond acceptors (Lipinski definition) is 2. The average Bonchev–Trinajstić information content (AvgIpc) is 1.69. The highest BCUT2D eigenvalue weighted by molar-refractivity contribution is 14.1. The van der Waals surface area contributed by atoms with Crippen LogP contribution in [0.25, 0.3) is 0 Å². The van der Waals surface area contributed by atoms with Crippen LogP contribution in [0.4, 0.5) is 0 Å². The highest BCUT2D eigenvalue weighted by atomic mass is 127. The van der Waals surface area contributed by atoms with Crippen LogP contribution in [0.3, 0.4) is 0 Å². The molecule has 1 aliphatic rings. The van der Waals surface area contributed by atoms with E-state index in [2.05, 4.69) is 22.6 Å². The molecule has 0 aromatic heterocycles. The van der Waals surface area contributed by atoms with Crippen molar-refractivity contribution in [3.63, 3.8) is 0 Å². The number of alkyl halides is 1. The Morgan fingerprint density at radius 3 is 2.71 bits per heavy atom. The van der Waals surface area contributed by atoms with E-state index in [-0.39, 0.29) is 0 Å². The monoisotopic (exact) mass is 246 g/mol. The van der Waals surface area contributed by atoms with E-state index in [9.17, 15) is 0 Å². The van der Waals surface area contributed by atoms with Crippen LogP contribution in [-0.2, 0) is 0 Å². The van der Waals surface area contributed by atoms with Crippen molar-refractivity contribution in [1.82, 2.24) is 0 Å². The average molecular weight is 246 g/mol. The molecule has 1 aliphatic heterocycles. The van der Waals surface area contributed by atoms with Crippen molar-refractivity contribution in [2.45, 2.75) is 16.1 Å². The predicted octanol–water partition coefficient (Wildman–Crippen LogP) is 2.92. The second-order valence-electron chi connectivity index (χ2n) is 1.47. The van der Waals surface area contributed by atoms with Crippen LogP contribution in [0.2, 0.25) is 0 Å². The second kappa shape index (κ2) is 3.45. The molecule has 1 fully saturated rings. The summed E-state index contributed by atoms with van der Waals surface area (Å²) in [5.74, 6) is 1.37. The van der Waals surface area contributed by atoms with Crippen LogP contribution in [0.1, 0.15) is 12.8 Å². The van der Waals surface area contributed by atoms with Crippen LogP contribution >= 0.6 is 44.2 Å². The molecule has 0 spiro atoms. The van der Waals surface area contributed by atoms with Crippen molar-refractivity contribution < 1.29 is 0 Å². The van der Waals surface area contributed by atoms with Crippen LogP contribution < -0.4 is 0 Å². The Labute approximate surface area is 65.7 Å². The van der Waals surface area contributed by atoms with E-state index in [1.165, 1.54) is 18.6 Å². The van der Waals surface area contributed by atoms with E-state index in [4.69, 9.17) is 0 Å². The van der Waals surface area contributed by atoms with Crippen LogP contribution in [0.5, 0.6) is 0 Å². The molecule has 0 aromatic carbocycles. The lowest BCUT2D eigenvalue weighted by molar-refractivity contribution is 0.892. The first-order chi connectivity index (χ1) is 3.39. The van der Waals surface area contributed by atoms with E-state index < -0.39 is 0 Å². The third-order valence-corrected chi connectivity index (χ3v) is 5.89. The van der Waals surface area contributed by atoms with Crippen molar-refractivity contribution in [3.8, 4) is 0 Å². The molecule has 1 unspecified atom stereocenters. The van der Waals surface area contributed by atoms with Gasteiger partial charge in [0.2, 0.25) is 0 Å². The Balaban J connectivity index is 2.12. The maximum atomic E-state index is 2.50. The van der Waals surface area contributed by atoms with E-state index in [0.29, 0.717) is 0 Å². The topological polar surface area (TPSA) is 0 Å². The van der Waals surface area contributed by atoms with Crippen molar-refractivity contribution in [2.24, 2.45) is 0 Å². The molecule has 1 rings (SSSR count). The Kier molecular flexibility index (Phi) is 3.23. The van der Waals surface area contributed by atoms with Crippen LogP contribution in [0.15, 0.2) is 0 Å². The molecule has 1 saturated heterocycles. The van der Waals surface area contributed by atoms with Gasteiger partial charge in [-0.25, -0.2) is 0 Å². The molecular weight excluding hydrogens is 239 g/mol. The maximum Gasteiger partial charge on any atom is 0.0668 e. The lowest BCUT2D eigenvalue weighted by atomic mass is 10.4. The normalized spacial score (nSPS) is 33.0. The summed E-state index contributed by atoms with van der Waals surface area (Å²) in [4.78, 5) is 0. The molecule has 1 atom stereocenters. The molecular formula is C4H7IS2. The first-order valence-electron chi connectivity index (χ1n) is 2.32. The second-order valence-corrected chi connectivity index (χ2v) is 6.51. The van der Waals surface area contributed by atoms with Gasteiger partial charge in [-0.05, 0) is 12.8 Å². The molecule has 0 aromatic rings. The molecule has 0 bridgehead atoms. The van der Waals surface area contributed by atoms with E-state index in [1.54, 1.807) is 0 Å². The predicted molar refractivity (Wildman–Crippen MR) is 47.1 cm³/mol. The standard InChI is InChI=1S/C4H7IS2/c5-4-2-1-3-6-7-4/h4H,1-3H2. The summed E-state index contributed by atoms with van der Waals surface area (Å²) >= 11 is 2.50. The highest BCUT2D eigenvalue weighted by Crippen LogP contribution is 2.38. The third-order valence-electron chi connectivity index (χ3n) is 0.831. The fourth-order valence-corrected chi connectivity index (χ4v) is 4.40. The lowest BCUT2D eigenvalue weighted by Gasteiger charge is -2.12. The summed E-state index contributed by atoms with van der Waals surface area (Å²) in [6, 6.07) is 0. The summed E-state index contributed by atoms with van der Waals surface area (Å²) < 4.78 is 0.886. The SMILES string of the molecule is IC1CCCSS1. The van der Waals surface area contributed by atoms with Gasteiger partial charge in [0.05, 0.1) is 3.26 Å². The Bertz CT molecular complexity index is 51.7. The van der Waals surface area contributed by atoms with Gasteiger partial charge in [-0.2, -0.15) is 0 Å². The van der Waals surface area contributed by atoms with E-state index in [0.717, 1.165) is 3.26 Å². The van der Waals surface area contributed by atoms with Crippen molar-refractivity contribution >= 4 is 44.2 Å². The lowest BCUT2D eigenvalue weighted by Crippen LogP contribution is -1.95. The van der Waals surface area contributed by atoms with Crippen LogP contribution in [-0.4, -0.2) is 9.01 Å². The summed E-state index contributed by atoms with van der Waals surface area (Å²) in [6.45, 7) is 0. The molecule has 0 nitrogen and oxygen atoms in total. The number of rotatable bonds is 0. The number of hydrogen-bond donors (Lipinski definition) is 0. The van der Waals surface area contributed by atoms with Crippen molar-refractivity contribution in [3.05, 3.63) is 0 Å². The van der Waals surface area contributed by atoms with Gasteiger partial charge in [-0.1, -0.05) is 44.2 Å². The van der Waals surface area contributed by atoms with Gasteiger partial charge < -0.3 is 0 Å². The van der Waals surface area contributed by atoms with Gasteiger partial charge in [0.15, 0.2) is 0 Å². The van der Waals surface area contributed by atoms with E-state index in [1.807, 2.05) is 21.6 Å². The molecule has 0 N–H and O–H groups in total. The van der Waals surface area contributed by atoms with Crippen molar-refractivity contribution in [2.75, 3.05) is 5.75 Å². The molecule has 0 amide bonds. The summed E-state index contributed by atoms with van der Waals surface area (Å²) in [5, 5.41) is 0. The highest BCUT2D eigenvalue weighted by Gasteiger charge is 2.08. The fourth-order valence-electron chi connectivity index (χ4n) is 0.473. The molecule has 42 valence electrons. The summed E-state index contributed by atoms with van der Waals surface area (Å²) in [5.41, 5.74) is 0. The molecule has 0 aliphatic carbocycles. The van der Waals surface area contributed by atoms with Crippen molar-refractivity contribution in [1.29, 1.82) is 0 Å². The first kappa shape index (κ1) is 6.55. The zero-order valence-corrected chi connectivity index (χ0v) is 7.68. The van der Waals surface area contributed by atoms with Gasteiger partial charge in [-0.15, -0.1) is 0 Å². The van der Waals surface area contributed by atoms with Gasteiger partial charge in [0, 0.05) is 5.75 Å². The summed E-state index contributed by atoms with van der Waals surface area (Å²) in [7, 11) is 4.03. The quantitative estimate of drug-likeness (QED) is 0.366. The fraction of sp³-hybridized carbons (Fsp3) is 1.00. The molecule has 0 saturated carbocycles. The van der Waals surface area contributed by atoms with Gasteiger partial charge in [0.1, 0.15) is 0 Å². The molecule has 0 radical (unpaired) electrons. The third kappa shape index (κ3) is 2.46. The summed E-state index contributed by atoms with van der Waals surface area (Å²) in [6.07, 6.45) is 2.84. The van der Waals surface area contributed by atoms with Gasteiger partial charge >= 0.3 is 0 Å². The molecule has 1 heterocycles. The Morgan fingerprint density at radius 2 is 2.43 bits per heavy atom. The minimum atomic E-state index is 0.886. The minimum Gasteiger partial charge on any atom is -0.0931 e.